The fourth-order valence-electron chi connectivity index (χ4n) is 5.90. The minimum absolute atomic E-state index is 0.0182. The lowest BCUT2D eigenvalue weighted by Gasteiger charge is -2.27. The molecule has 0 aromatic carbocycles. The Hall–Kier alpha value is -2.27. The number of hydrogen-bond donors (Lipinski definition) is 3. The Kier molecular flexibility index (Phi) is 5.59. The summed E-state index contributed by atoms with van der Waals surface area (Å²) in [5.41, 5.74) is 2.45. The second-order valence-corrected chi connectivity index (χ2v) is 11.4. The number of aromatic nitrogens is 3. The zero-order valence-electron chi connectivity index (χ0n) is 18.9. The zero-order valence-corrected chi connectivity index (χ0v) is 19.7. The maximum absolute atomic E-state index is 11.1. The predicted octanol–water partition coefficient (Wildman–Crippen LogP) is 2.68. The Morgan fingerprint density at radius 1 is 1.33 bits per heavy atom. The van der Waals surface area contributed by atoms with Gasteiger partial charge in [0.15, 0.2) is 0 Å². The van der Waals surface area contributed by atoms with Gasteiger partial charge in [-0.05, 0) is 48.7 Å². The molecule has 4 N–H and O–H groups in total. The van der Waals surface area contributed by atoms with Crippen molar-refractivity contribution < 1.29 is 17.7 Å². The first-order chi connectivity index (χ1) is 15.6. The van der Waals surface area contributed by atoms with Gasteiger partial charge in [0.2, 0.25) is 0 Å². The van der Waals surface area contributed by atoms with E-state index in [4.69, 9.17) is 9.32 Å². The highest BCUT2D eigenvalue weighted by Crippen LogP contribution is 2.50. The first kappa shape index (κ1) is 22.5. The van der Waals surface area contributed by atoms with Crippen molar-refractivity contribution in [2.24, 2.45) is 22.4 Å². The first-order valence-corrected chi connectivity index (χ1v) is 12.9. The number of nitrogens with zero attached hydrogens (tertiary/aromatic N) is 3. The molecule has 33 heavy (non-hydrogen) atoms. The SMILES string of the molecule is CC1(C)C[C@H](Nc2ncnc3c2ccn3[C@@H]2C[C@@H](COS(N)(=O)=O)[C@@H](O)C2)C2=CC=CCC21. The summed E-state index contributed by atoms with van der Waals surface area (Å²) in [4.78, 5) is 9.07. The van der Waals surface area contributed by atoms with Crippen molar-refractivity contribution >= 4 is 27.2 Å². The quantitative estimate of drug-likeness (QED) is 0.587. The summed E-state index contributed by atoms with van der Waals surface area (Å²) in [6, 6.07) is 2.21. The molecule has 0 radical (unpaired) electrons. The third kappa shape index (κ3) is 4.32. The average Bonchev–Trinajstić information content (AvgIpc) is 3.41. The van der Waals surface area contributed by atoms with E-state index in [9.17, 15) is 13.5 Å². The van der Waals surface area contributed by atoms with Crippen LogP contribution < -0.4 is 10.5 Å². The molecule has 0 spiro atoms. The second kappa shape index (κ2) is 8.19. The topological polar surface area (TPSA) is 132 Å². The van der Waals surface area contributed by atoms with Gasteiger partial charge in [0.25, 0.3) is 0 Å². The molecule has 0 amide bonds. The van der Waals surface area contributed by atoms with Gasteiger partial charge >= 0.3 is 10.3 Å². The van der Waals surface area contributed by atoms with E-state index >= 15 is 0 Å². The summed E-state index contributed by atoms with van der Waals surface area (Å²) in [6.07, 6.45) is 12.7. The van der Waals surface area contributed by atoms with Gasteiger partial charge in [-0.25, -0.2) is 15.1 Å². The normalized spacial score (nSPS) is 31.0. The number of aliphatic hydroxyl groups excluding tert-OH is 1. The number of rotatable bonds is 6. The van der Waals surface area contributed by atoms with Crippen LogP contribution in [0.1, 0.15) is 45.6 Å². The molecule has 178 valence electrons. The molecule has 2 fully saturated rings. The van der Waals surface area contributed by atoms with Crippen LogP contribution in [0.4, 0.5) is 5.82 Å². The summed E-state index contributed by atoms with van der Waals surface area (Å²) in [6.45, 7) is 4.54. The van der Waals surface area contributed by atoms with E-state index < -0.39 is 16.4 Å². The van der Waals surface area contributed by atoms with Crippen molar-refractivity contribution in [3.8, 4) is 0 Å². The largest absolute Gasteiger partial charge is 0.393 e. The molecule has 10 heteroatoms. The number of aliphatic hydroxyl groups is 1. The Morgan fingerprint density at radius 3 is 2.94 bits per heavy atom. The number of nitrogens with one attached hydrogen (secondary N) is 1. The van der Waals surface area contributed by atoms with E-state index in [1.54, 1.807) is 6.33 Å². The molecule has 9 nitrogen and oxygen atoms in total. The van der Waals surface area contributed by atoms with Crippen LogP contribution >= 0.6 is 0 Å². The molecule has 1 unspecified atom stereocenters. The molecule has 2 aromatic rings. The smallest absolute Gasteiger partial charge is 0.333 e. The second-order valence-electron chi connectivity index (χ2n) is 10.2. The number of allylic oxidation sites excluding steroid dienone is 3. The van der Waals surface area contributed by atoms with Crippen molar-refractivity contribution in [2.75, 3.05) is 11.9 Å². The van der Waals surface area contributed by atoms with Gasteiger partial charge in [-0.2, -0.15) is 8.42 Å². The number of nitrogens with two attached hydrogens (primary N) is 1. The highest BCUT2D eigenvalue weighted by atomic mass is 32.2. The monoisotopic (exact) mass is 473 g/mol. The van der Waals surface area contributed by atoms with E-state index in [2.05, 4.69) is 47.4 Å². The summed E-state index contributed by atoms with van der Waals surface area (Å²) < 4.78 is 29.0. The average molecular weight is 474 g/mol. The van der Waals surface area contributed by atoms with Gasteiger partial charge in [-0.15, -0.1) is 0 Å². The van der Waals surface area contributed by atoms with E-state index in [1.807, 2.05) is 16.8 Å². The van der Waals surface area contributed by atoms with Crippen molar-refractivity contribution in [2.45, 2.75) is 57.7 Å². The molecule has 2 heterocycles. The molecule has 2 aromatic heterocycles. The highest BCUT2D eigenvalue weighted by Gasteiger charge is 2.44. The molecule has 5 rings (SSSR count). The van der Waals surface area contributed by atoms with Crippen LogP contribution in [0.5, 0.6) is 0 Å². The van der Waals surface area contributed by atoms with Crippen LogP contribution in [0.15, 0.2) is 42.4 Å². The summed E-state index contributed by atoms with van der Waals surface area (Å²) in [5, 5.41) is 20.0. The maximum Gasteiger partial charge on any atom is 0.333 e. The Balaban J connectivity index is 1.37. The zero-order chi connectivity index (χ0) is 23.4. The predicted molar refractivity (Wildman–Crippen MR) is 125 cm³/mol. The molecule has 0 aliphatic heterocycles. The highest BCUT2D eigenvalue weighted by molar-refractivity contribution is 7.84. The Morgan fingerprint density at radius 2 is 2.15 bits per heavy atom. The van der Waals surface area contributed by atoms with Crippen molar-refractivity contribution in [1.29, 1.82) is 0 Å². The first-order valence-electron chi connectivity index (χ1n) is 11.4. The van der Waals surface area contributed by atoms with Crippen molar-refractivity contribution in [3.05, 3.63) is 42.4 Å². The number of hydrogen-bond acceptors (Lipinski definition) is 7. The minimum Gasteiger partial charge on any atom is -0.393 e. The van der Waals surface area contributed by atoms with Crippen LogP contribution in [0.3, 0.4) is 0 Å². The van der Waals surface area contributed by atoms with Crippen LogP contribution in [0.25, 0.3) is 11.0 Å². The number of anilines is 1. The van der Waals surface area contributed by atoms with E-state index in [0.717, 1.165) is 29.7 Å². The third-order valence-corrected chi connectivity index (χ3v) is 8.03. The summed E-state index contributed by atoms with van der Waals surface area (Å²) >= 11 is 0. The van der Waals surface area contributed by atoms with Crippen molar-refractivity contribution in [3.63, 3.8) is 0 Å². The molecule has 5 atom stereocenters. The molecule has 3 aliphatic carbocycles. The fraction of sp³-hybridized carbons (Fsp3) is 0.565. The maximum atomic E-state index is 11.1. The van der Waals surface area contributed by atoms with Gasteiger partial charge in [0.05, 0.1) is 18.1 Å². The Bertz CT molecular complexity index is 1220. The minimum atomic E-state index is -4.03. The molecule has 2 saturated carbocycles. The molecule has 0 saturated heterocycles. The van der Waals surface area contributed by atoms with Crippen LogP contribution in [-0.4, -0.2) is 46.8 Å². The van der Waals surface area contributed by atoms with Crippen LogP contribution in [0.2, 0.25) is 0 Å². The summed E-state index contributed by atoms with van der Waals surface area (Å²) in [7, 11) is -4.03. The lowest BCUT2D eigenvalue weighted by molar-refractivity contribution is 0.100. The standard InChI is InChI=1S/C23H31N5O4S/c1-23(2)11-19(16-5-3-4-6-18(16)23)27-21-17-7-8-28(22(17)26-13-25-21)15-9-14(20(29)10-15)12-32-33(24,30)31/h3-5,7-8,13-15,18-20,29H,6,9-12H2,1-2H3,(H2,24,30,31)(H,25,26,27)/t14-,15+,18?,19-,20-/m0/s1. The van der Waals surface area contributed by atoms with Gasteiger partial charge in [0.1, 0.15) is 17.8 Å². The van der Waals surface area contributed by atoms with E-state index in [1.165, 1.54) is 5.57 Å². The van der Waals surface area contributed by atoms with Crippen LogP contribution in [0, 0.1) is 17.3 Å². The van der Waals surface area contributed by atoms with Gasteiger partial charge in [-0.1, -0.05) is 32.1 Å². The third-order valence-electron chi connectivity index (χ3n) is 7.57. The van der Waals surface area contributed by atoms with Crippen LogP contribution in [-0.2, 0) is 14.5 Å². The van der Waals surface area contributed by atoms with Gasteiger partial charge in [0, 0.05) is 24.2 Å². The molecule has 3 aliphatic rings. The van der Waals surface area contributed by atoms with E-state index in [-0.39, 0.29) is 30.0 Å². The van der Waals surface area contributed by atoms with E-state index in [0.29, 0.717) is 18.8 Å². The lowest BCUT2D eigenvalue weighted by Crippen LogP contribution is -2.24. The molecular formula is C23H31N5O4S. The van der Waals surface area contributed by atoms with Gasteiger partial charge < -0.3 is 15.0 Å². The molecular weight excluding hydrogens is 442 g/mol. The van der Waals surface area contributed by atoms with Gasteiger partial charge in [-0.3, -0.25) is 4.18 Å². The number of fused-ring (bicyclic) bond motifs is 2. The Labute approximate surface area is 194 Å². The fourth-order valence-corrected chi connectivity index (χ4v) is 6.27. The van der Waals surface area contributed by atoms with Crippen molar-refractivity contribution in [1.82, 2.24) is 14.5 Å². The lowest BCUT2D eigenvalue weighted by atomic mass is 9.77. The molecule has 0 bridgehead atoms. The summed E-state index contributed by atoms with van der Waals surface area (Å²) in [5.74, 6) is 1.04.